The molecule has 3 heteroatoms. The Kier molecular flexibility index (Phi) is 3.39. The average Bonchev–Trinajstić information content (AvgIpc) is 2.95. The molecular weight excluding hydrogens is 282 g/mol. The van der Waals surface area contributed by atoms with Gasteiger partial charge in [0, 0.05) is 18.3 Å². The van der Waals surface area contributed by atoms with Crippen molar-refractivity contribution in [1.29, 1.82) is 0 Å². The molecule has 0 saturated heterocycles. The Bertz CT molecular complexity index is 955. The van der Waals surface area contributed by atoms with Crippen LogP contribution in [-0.4, -0.2) is 14.5 Å². The van der Waals surface area contributed by atoms with Crippen molar-refractivity contribution >= 4 is 11.2 Å². The Hall–Kier alpha value is -2.94. The van der Waals surface area contributed by atoms with Gasteiger partial charge >= 0.3 is 0 Å². The maximum atomic E-state index is 4.83. The van der Waals surface area contributed by atoms with Gasteiger partial charge in [0.1, 0.15) is 11.3 Å². The zero-order chi connectivity index (χ0) is 15.6. The molecule has 0 fully saturated rings. The topological polar surface area (TPSA) is 30.7 Å². The molecule has 2 aromatic carbocycles. The Morgan fingerprint density at radius 1 is 0.870 bits per heavy atom. The van der Waals surface area contributed by atoms with Gasteiger partial charge in [-0.2, -0.15) is 0 Å². The molecule has 0 bridgehead atoms. The summed E-state index contributed by atoms with van der Waals surface area (Å²) in [7, 11) is 0. The third kappa shape index (κ3) is 2.50. The van der Waals surface area contributed by atoms with Gasteiger partial charge in [0.15, 0.2) is 5.65 Å². The quantitative estimate of drug-likeness (QED) is 0.564. The first-order valence-electron chi connectivity index (χ1n) is 7.75. The van der Waals surface area contributed by atoms with E-state index in [4.69, 9.17) is 4.98 Å². The summed E-state index contributed by atoms with van der Waals surface area (Å²) in [5.74, 6) is 1.01. The zero-order valence-corrected chi connectivity index (χ0v) is 13.0. The van der Waals surface area contributed by atoms with E-state index in [1.165, 1.54) is 11.1 Å². The highest BCUT2D eigenvalue weighted by atomic mass is 15.1. The van der Waals surface area contributed by atoms with Crippen LogP contribution in [0.3, 0.4) is 0 Å². The number of nitrogens with zero attached hydrogens (tertiary/aromatic N) is 3. The van der Waals surface area contributed by atoms with E-state index in [0.717, 1.165) is 29.1 Å². The van der Waals surface area contributed by atoms with Gasteiger partial charge < -0.3 is 0 Å². The molecule has 2 aromatic heterocycles. The summed E-state index contributed by atoms with van der Waals surface area (Å²) in [6, 6.07) is 22.7. The summed E-state index contributed by atoms with van der Waals surface area (Å²) >= 11 is 0. The molecule has 0 aliphatic heterocycles. The first-order chi connectivity index (χ1) is 11.3. The smallest absolute Gasteiger partial charge is 0.164 e. The zero-order valence-electron chi connectivity index (χ0n) is 13.0. The first kappa shape index (κ1) is 13.7. The van der Waals surface area contributed by atoms with E-state index in [1.807, 2.05) is 36.5 Å². The van der Waals surface area contributed by atoms with Crippen LogP contribution in [0.5, 0.6) is 0 Å². The molecule has 0 amide bonds. The van der Waals surface area contributed by atoms with Crippen LogP contribution in [0.1, 0.15) is 17.0 Å². The van der Waals surface area contributed by atoms with Gasteiger partial charge in [0.2, 0.25) is 0 Å². The number of benzene rings is 2. The second-order valence-electron chi connectivity index (χ2n) is 5.65. The van der Waals surface area contributed by atoms with Crippen LogP contribution in [0.4, 0.5) is 0 Å². The minimum Gasteiger partial charge on any atom is -0.280 e. The van der Waals surface area contributed by atoms with Crippen molar-refractivity contribution in [2.75, 3.05) is 0 Å². The highest BCUT2D eigenvalue weighted by molar-refractivity contribution is 5.74. The highest BCUT2D eigenvalue weighted by Crippen LogP contribution is 2.22. The maximum Gasteiger partial charge on any atom is 0.164 e. The van der Waals surface area contributed by atoms with E-state index in [9.17, 15) is 0 Å². The van der Waals surface area contributed by atoms with Gasteiger partial charge in [-0.15, -0.1) is 0 Å². The third-order valence-corrected chi connectivity index (χ3v) is 4.11. The van der Waals surface area contributed by atoms with Gasteiger partial charge in [-0.25, -0.2) is 9.97 Å². The normalized spacial score (nSPS) is 11.0. The maximum absolute atomic E-state index is 4.83. The van der Waals surface area contributed by atoms with E-state index in [0.29, 0.717) is 0 Å². The molecule has 4 rings (SSSR count). The molecule has 3 nitrogen and oxygen atoms in total. The fraction of sp³-hybridized carbons (Fsp3) is 0.100. The molecule has 2 heterocycles. The standard InChI is InChI=1S/C20H17N3/c1-15-8-5-6-9-16(15)14-19-22-18-12-7-13-21-20(18)23(19)17-10-3-2-4-11-17/h2-13H,14H2,1H3. The molecule has 0 aliphatic rings. The van der Waals surface area contributed by atoms with Crippen molar-refractivity contribution in [3.8, 4) is 5.69 Å². The SMILES string of the molecule is Cc1ccccc1Cc1nc2cccnc2n1-c1ccccc1. The summed E-state index contributed by atoms with van der Waals surface area (Å²) in [5.41, 5.74) is 5.51. The Balaban J connectivity index is 1.91. The molecular formula is C20H17N3. The van der Waals surface area contributed by atoms with Gasteiger partial charge in [-0.3, -0.25) is 4.57 Å². The Labute approximate surface area is 135 Å². The Morgan fingerprint density at radius 3 is 2.48 bits per heavy atom. The summed E-state index contributed by atoms with van der Waals surface area (Å²) in [6.45, 7) is 2.14. The van der Waals surface area contributed by atoms with Crippen LogP contribution < -0.4 is 0 Å². The van der Waals surface area contributed by atoms with Gasteiger partial charge in [-0.05, 0) is 42.3 Å². The number of aryl methyl sites for hydroxylation is 1. The first-order valence-corrected chi connectivity index (χ1v) is 7.75. The number of imidazole rings is 1. The fourth-order valence-electron chi connectivity index (χ4n) is 2.91. The lowest BCUT2D eigenvalue weighted by molar-refractivity contribution is 0.919. The average molecular weight is 299 g/mol. The minimum absolute atomic E-state index is 0.790. The van der Waals surface area contributed by atoms with E-state index in [2.05, 4.69) is 52.9 Å². The molecule has 0 atom stereocenters. The predicted octanol–water partition coefficient (Wildman–Crippen LogP) is 4.32. The van der Waals surface area contributed by atoms with Crippen LogP contribution in [0.2, 0.25) is 0 Å². The minimum atomic E-state index is 0.790. The molecule has 23 heavy (non-hydrogen) atoms. The van der Waals surface area contributed by atoms with Crippen molar-refractivity contribution in [3.05, 3.63) is 89.9 Å². The predicted molar refractivity (Wildman–Crippen MR) is 92.9 cm³/mol. The van der Waals surface area contributed by atoms with Crippen molar-refractivity contribution < 1.29 is 0 Å². The summed E-state index contributed by atoms with van der Waals surface area (Å²) in [5, 5.41) is 0. The molecule has 0 spiro atoms. The van der Waals surface area contributed by atoms with Crippen LogP contribution in [-0.2, 0) is 6.42 Å². The van der Waals surface area contributed by atoms with Crippen molar-refractivity contribution in [1.82, 2.24) is 14.5 Å². The lowest BCUT2D eigenvalue weighted by Gasteiger charge is -2.10. The monoisotopic (exact) mass is 299 g/mol. The fourth-order valence-corrected chi connectivity index (χ4v) is 2.91. The van der Waals surface area contributed by atoms with Crippen LogP contribution in [0.25, 0.3) is 16.9 Å². The van der Waals surface area contributed by atoms with E-state index >= 15 is 0 Å². The molecule has 0 N–H and O–H groups in total. The third-order valence-electron chi connectivity index (χ3n) is 4.11. The van der Waals surface area contributed by atoms with E-state index in [-0.39, 0.29) is 0 Å². The molecule has 0 unspecified atom stereocenters. The number of para-hydroxylation sites is 1. The largest absolute Gasteiger partial charge is 0.280 e. The van der Waals surface area contributed by atoms with Crippen molar-refractivity contribution in [2.24, 2.45) is 0 Å². The molecule has 0 radical (unpaired) electrons. The van der Waals surface area contributed by atoms with E-state index in [1.54, 1.807) is 0 Å². The number of hydrogen-bond donors (Lipinski definition) is 0. The summed E-state index contributed by atoms with van der Waals surface area (Å²) in [4.78, 5) is 9.37. The number of aromatic nitrogens is 3. The van der Waals surface area contributed by atoms with Crippen LogP contribution >= 0.6 is 0 Å². The number of fused-ring (bicyclic) bond motifs is 1. The second-order valence-corrected chi connectivity index (χ2v) is 5.65. The highest BCUT2D eigenvalue weighted by Gasteiger charge is 2.14. The van der Waals surface area contributed by atoms with Crippen LogP contribution in [0.15, 0.2) is 72.9 Å². The number of hydrogen-bond acceptors (Lipinski definition) is 2. The second kappa shape index (κ2) is 5.69. The lowest BCUT2D eigenvalue weighted by atomic mass is 10.1. The molecule has 112 valence electrons. The summed E-state index contributed by atoms with van der Waals surface area (Å²) in [6.07, 6.45) is 2.61. The number of rotatable bonds is 3. The van der Waals surface area contributed by atoms with Crippen molar-refractivity contribution in [3.63, 3.8) is 0 Å². The molecule has 0 aliphatic carbocycles. The Morgan fingerprint density at radius 2 is 1.65 bits per heavy atom. The van der Waals surface area contributed by atoms with Gasteiger partial charge in [0.05, 0.1) is 0 Å². The van der Waals surface area contributed by atoms with Crippen molar-refractivity contribution in [2.45, 2.75) is 13.3 Å². The van der Waals surface area contributed by atoms with Gasteiger partial charge in [-0.1, -0.05) is 42.5 Å². The van der Waals surface area contributed by atoms with Gasteiger partial charge in [0.25, 0.3) is 0 Å². The number of pyridine rings is 1. The molecule has 4 aromatic rings. The summed E-state index contributed by atoms with van der Waals surface area (Å²) < 4.78 is 2.15. The van der Waals surface area contributed by atoms with Crippen LogP contribution in [0, 0.1) is 6.92 Å². The lowest BCUT2D eigenvalue weighted by Crippen LogP contribution is -2.03. The molecule has 0 saturated carbocycles. The van der Waals surface area contributed by atoms with E-state index < -0.39 is 0 Å².